The normalized spacial score (nSPS) is 10.7. The van der Waals surface area contributed by atoms with Gasteiger partial charge in [-0.05, 0) is 42.8 Å². The van der Waals surface area contributed by atoms with Crippen LogP contribution < -0.4 is 5.32 Å². The highest BCUT2D eigenvalue weighted by Gasteiger charge is 2.15. The lowest BCUT2D eigenvalue weighted by Crippen LogP contribution is -2.17. The zero-order valence-electron chi connectivity index (χ0n) is 16.2. The average Bonchev–Trinajstić information content (AvgIpc) is 3.36. The Labute approximate surface area is 177 Å². The summed E-state index contributed by atoms with van der Waals surface area (Å²) in [5.41, 5.74) is 4.15. The Morgan fingerprint density at radius 1 is 1.10 bits per heavy atom. The van der Waals surface area contributed by atoms with Crippen molar-refractivity contribution in [1.82, 2.24) is 9.55 Å². The molecular formula is C23H19N3O3S. The average molecular weight is 417 g/mol. The number of hydrogen-bond donors (Lipinski definition) is 2. The second kappa shape index (κ2) is 8.34. The van der Waals surface area contributed by atoms with Gasteiger partial charge in [-0.1, -0.05) is 30.3 Å². The molecule has 2 aromatic carbocycles. The first-order chi connectivity index (χ1) is 14.5. The molecule has 4 rings (SSSR count). The van der Waals surface area contributed by atoms with Crippen LogP contribution in [0.1, 0.15) is 32.1 Å². The number of carboxylic acids is 1. The fourth-order valence-electron chi connectivity index (χ4n) is 3.14. The smallest absolute Gasteiger partial charge is 0.335 e. The molecule has 0 aliphatic rings. The Hall–Kier alpha value is -3.71. The molecule has 6 nitrogen and oxygen atoms in total. The van der Waals surface area contributed by atoms with Crippen LogP contribution in [0.25, 0.3) is 10.6 Å². The zero-order chi connectivity index (χ0) is 21.1. The molecule has 0 aliphatic heterocycles. The number of carbonyl (C=O) groups is 2. The Bertz CT molecular complexity index is 1190. The summed E-state index contributed by atoms with van der Waals surface area (Å²) in [5, 5.41) is 14.8. The number of anilines is 1. The van der Waals surface area contributed by atoms with Gasteiger partial charge >= 0.3 is 5.97 Å². The number of nitrogens with zero attached hydrogens (tertiary/aromatic N) is 2. The predicted molar refractivity (Wildman–Crippen MR) is 117 cm³/mol. The number of benzene rings is 2. The molecule has 2 N–H and O–H groups in total. The van der Waals surface area contributed by atoms with E-state index in [-0.39, 0.29) is 11.5 Å². The summed E-state index contributed by atoms with van der Waals surface area (Å²) < 4.78 is 1.88. The van der Waals surface area contributed by atoms with Crippen LogP contribution in [0.3, 0.4) is 0 Å². The third kappa shape index (κ3) is 4.31. The number of carbonyl (C=O) groups excluding carboxylic acids is 1. The minimum absolute atomic E-state index is 0.171. The maximum Gasteiger partial charge on any atom is 0.335 e. The second-order valence-corrected chi connectivity index (χ2v) is 7.74. The Balaban J connectivity index is 1.52. The number of carboxylic acid groups (broad SMARTS) is 1. The van der Waals surface area contributed by atoms with Crippen LogP contribution in [0, 0.1) is 6.92 Å². The summed E-state index contributed by atoms with van der Waals surface area (Å²) in [6.45, 7) is 2.42. The number of hydrogen-bond acceptors (Lipinski definition) is 4. The van der Waals surface area contributed by atoms with E-state index in [1.807, 2.05) is 59.5 Å². The minimum atomic E-state index is -1.00. The summed E-state index contributed by atoms with van der Waals surface area (Å²) in [5.74, 6) is -1.26. The van der Waals surface area contributed by atoms with E-state index in [2.05, 4.69) is 5.32 Å². The van der Waals surface area contributed by atoms with E-state index in [9.17, 15) is 9.59 Å². The molecule has 2 aromatic heterocycles. The number of thiazole rings is 1. The van der Waals surface area contributed by atoms with Crippen molar-refractivity contribution in [3.63, 3.8) is 0 Å². The van der Waals surface area contributed by atoms with E-state index < -0.39 is 5.97 Å². The fraction of sp³-hybridized carbons (Fsp3) is 0.0870. The third-order valence-electron chi connectivity index (χ3n) is 4.56. The van der Waals surface area contributed by atoms with Crippen LogP contribution in [-0.4, -0.2) is 26.5 Å². The molecule has 7 heteroatoms. The number of aryl methyl sites for hydroxylation is 1. The molecule has 0 spiro atoms. The van der Waals surface area contributed by atoms with E-state index >= 15 is 0 Å². The van der Waals surface area contributed by atoms with Crippen molar-refractivity contribution in [2.75, 3.05) is 5.32 Å². The number of aromatic carboxylic acids is 1. The maximum atomic E-state index is 12.8. The molecule has 0 bridgehead atoms. The molecule has 0 aliphatic carbocycles. The fourth-order valence-corrected chi connectivity index (χ4v) is 3.95. The van der Waals surface area contributed by atoms with Crippen LogP contribution >= 0.6 is 11.3 Å². The summed E-state index contributed by atoms with van der Waals surface area (Å²) >= 11 is 1.58. The molecule has 0 atom stereocenters. The number of nitrogens with one attached hydrogen (secondary N) is 1. The molecule has 0 radical (unpaired) electrons. The van der Waals surface area contributed by atoms with Gasteiger partial charge in [-0.25, -0.2) is 9.78 Å². The van der Waals surface area contributed by atoms with Gasteiger partial charge in [0.1, 0.15) is 10.7 Å². The van der Waals surface area contributed by atoms with Gasteiger partial charge in [-0.2, -0.15) is 0 Å². The second-order valence-electron chi connectivity index (χ2n) is 6.88. The first kappa shape index (κ1) is 19.6. The molecule has 2 heterocycles. The van der Waals surface area contributed by atoms with E-state index in [1.165, 1.54) is 12.1 Å². The first-order valence-electron chi connectivity index (χ1n) is 9.31. The van der Waals surface area contributed by atoms with E-state index in [4.69, 9.17) is 10.1 Å². The van der Waals surface area contributed by atoms with Crippen molar-refractivity contribution in [1.29, 1.82) is 0 Å². The van der Waals surface area contributed by atoms with Crippen LogP contribution in [0.2, 0.25) is 0 Å². The van der Waals surface area contributed by atoms with Gasteiger partial charge in [-0.3, -0.25) is 4.79 Å². The summed E-state index contributed by atoms with van der Waals surface area (Å²) in [6.07, 6.45) is 1.92. The van der Waals surface area contributed by atoms with Crippen molar-refractivity contribution < 1.29 is 14.7 Å². The lowest BCUT2D eigenvalue weighted by atomic mass is 10.2. The van der Waals surface area contributed by atoms with Crippen LogP contribution in [-0.2, 0) is 6.54 Å². The maximum absolute atomic E-state index is 12.8. The van der Waals surface area contributed by atoms with Crippen molar-refractivity contribution >= 4 is 28.9 Å². The lowest BCUT2D eigenvalue weighted by molar-refractivity contribution is 0.0696. The van der Waals surface area contributed by atoms with Crippen molar-refractivity contribution in [2.24, 2.45) is 0 Å². The number of rotatable bonds is 6. The Morgan fingerprint density at radius 2 is 1.83 bits per heavy atom. The Kier molecular flexibility index (Phi) is 5.45. The van der Waals surface area contributed by atoms with E-state index in [0.717, 1.165) is 21.8 Å². The standard InChI is InChI=1S/C23H19N3O3S/c1-15-11-20(21(27)24-18-9-7-17(8-10-18)23(28)29)26(12-15)13-19-14-30-22(25-19)16-5-3-2-4-6-16/h2-12,14H,13H2,1H3,(H,24,27)(H,28,29). The molecule has 1 amide bonds. The van der Waals surface area contributed by atoms with Crippen molar-refractivity contribution in [2.45, 2.75) is 13.5 Å². The molecule has 30 heavy (non-hydrogen) atoms. The summed E-state index contributed by atoms with van der Waals surface area (Å²) in [6, 6.07) is 17.9. The third-order valence-corrected chi connectivity index (χ3v) is 5.50. The number of aromatic nitrogens is 2. The first-order valence-corrected chi connectivity index (χ1v) is 10.2. The van der Waals surface area contributed by atoms with Crippen molar-refractivity contribution in [3.05, 3.63) is 94.8 Å². The Morgan fingerprint density at radius 3 is 2.53 bits per heavy atom. The SMILES string of the molecule is Cc1cc(C(=O)Nc2ccc(C(=O)O)cc2)n(Cc2csc(-c3ccccc3)n2)c1. The predicted octanol–water partition coefficient (Wildman–Crippen LogP) is 4.92. The topological polar surface area (TPSA) is 84.2 Å². The monoisotopic (exact) mass is 417 g/mol. The highest BCUT2D eigenvalue weighted by Crippen LogP contribution is 2.24. The van der Waals surface area contributed by atoms with E-state index in [0.29, 0.717) is 17.9 Å². The summed E-state index contributed by atoms with van der Waals surface area (Å²) in [4.78, 5) is 28.5. The molecular weight excluding hydrogens is 398 g/mol. The highest BCUT2D eigenvalue weighted by atomic mass is 32.1. The van der Waals surface area contributed by atoms with Gasteiger partial charge in [-0.15, -0.1) is 11.3 Å². The van der Waals surface area contributed by atoms with Gasteiger partial charge in [0.25, 0.3) is 5.91 Å². The van der Waals surface area contributed by atoms with Crippen LogP contribution in [0.4, 0.5) is 5.69 Å². The summed E-state index contributed by atoms with van der Waals surface area (Å²) in [7, 11) is 0. The zero-order valence-corrected chi connectivity index (χ0v) is 17.0. The van der Waals surface area contributed by atoms with Gasteiger partial charge in [0.05, 0.1) is 17.8 Å². The van der Waals surface area contributed by atoms with Crippen LogP contribution in [0.15, 0.2) is 72.2 Å². The molecule has 0 saturated carbocycles. The lowest BCUT2D eigenvalue weighted by Gasteiger charge is -2.09. The van der Waals surface area contributed by atoms with Gasteiger partial charge in [0, 0.05) is 22.8 Å². The largest absolute Gasteiger partial charge is 0.478 e. The minimum Gasteiger partial charge on any atom is -0.478 e. The molecule has 0 fully saturated rings. The molecule has 150 valence electrons. The number of amides is 1. The van der Waals surface area contributed by atoms with Crippen molar-refractivity contribution in [3.8, 4) is 10.6 Å². The molecule has 0 saturated heterocycles. The quantitative estimate of drug-likeness (QED) is 0.466. The van der Waals surface area contributed by atoms with Gasteiger partial charge < -0.3 is 15.0 Å². The van der Waals surface area contributed by atoms with Crippen LogP contribution in [0.5, 0.6) is 0 Å². The highest BCUT2D eigenvalue weighted by molar-refractivity contribution is 7.13. The molecule has 4 aromatic rings. The van der Waals surface area contributed by atoms with E-state index in [1.54, 1.807) is 23.5 Å². The molecule has 0 unspecified atom stereocenters. The van der Waals surface area contributed by atoms with Gasteiger partial charge in [0.2, 0.25) is 0 Å². The van der Waals surface area contributed by atoms with Gasteiger partial charge in [0.15, 0.2) is 0 Å².